The average molecular weight is 347 g/mol. The zero-order chi connectivity index (χ0) is 18.4. The molecule has 7 nitrogen and oxygen atoms in total. The quantitative estimate of drug-likeness (QED) is 0.827. The maximum absolute atomic E-state index is 12.1. The number of amides is 1. The largest absolute Gasteiger partial charge is 0.493 e. The number of rotatable bonds is 7. The zero-order valence-electron chi connectivity index (χ0n) is 15.4. The van der Waals surface area contributed by atoms with Gasteiger partial charge in [-0.05, 0) is 17.7 Å². The highest BCUT2D eigenvalue weighted by atomic mass is 16.5. The molecule has 0 unspecified atom stereocenters. The molecule has 1 N–H and O–H groups in total. The van der Waals surface area contributed by atoms with Gasteiger partial charge >= 0.3 is 0 Å². The predicted octanol–water partition coefficient (Wildman–Crippen LogP) is 2.29. The van der Waals surface area contributed by atoms with Crippen molar-refractivity contribution in [2.45, 2.75) is 39.0 Å². The fourth-order valence-corrected chi connectivity index (χ4v) is 2.21. The molecule has 0 radical (unpaired) electrons. The Morgan fingerprint density at radius 3 is 2.52 bits per heavy atom. The summed E-state index contributed by atoms with van der Waals surface area (Å²) in [5, 5.41) is 6.80. The standard InChI is InChI=1S/C18H25N3O4/c1-18(2,3)17-20-15(21-25-17)8-9-19-16(22)11-12-6-7-13(23-4)14(10-12)24-5/h6-7,10H,8-9,11H2,1-5H3,(H,19,22). The number of carbonyl (C=O) groups is 1. The lowest BCUT2D eigenvalue weighted by Crippen LogP contribution is -2.27. The van der Waals surface area contributed by atoms with Crippen LogP contribution < -0.4 is 14.8 Å². The van der Waals surface area contributed by atoms with Gasteiger partial charge in [-0.15, -0.1) is 0 Å². The number of ether oxygens (including phenoxy) is 2. The Balaban J connectivity index is 1.84. The molecule has 1 heterocycles. The molecule has 1 amide bonds. The number of methoxy groups -OCH3 is 2. The molecule has 0 spiro atoms. The molecule has 0 atom stereocenters. The zero-order valence-corrected chi connectivity index (χ0v) is 15.4. The third kappa shape index (κ3) is 5.20. The molecule has 2 aromatic rings. The number of nitrogens with one attached hydrogen (secondary N) is 1. The minimum Gasteiger partial charge on any atom is -0.493 e. The first-order chi connectivity index (χ1) is 11.8. The van der Waals surface area contributed by atoms with Crippen LogP contribution in [0.2, 0.25) is 0 Å². The van der Waals surface area contributed by atoms with Crippen LogP contribution in [-0.4, -0.2) is 36.8 Å². The molecule has 0 bridgehead atoms. The summed E-state index contributed by atoms with van der Waals surface area (Å²) in [5.74, 6) is 2.36. The predicted molar refractivity (Wildman–Crippen MR) is 93.0 cm³/mol. The summed E-state index contributed by atoms with van der Waals surface area (Å²) >= 11 is 0. The van der Waals surface area contributed by atoms with Crippen molar-refractivity contribution in [3.8, 4) is 11.5 Å². The van der Waals surface area contributed by atoms with E-state index in [0.717, 1.165) is 5.56 Å². The van der Waals surface area contributed by atoms with E-state index in [2.05, 4.69) is 15.5 Å². The minimum atomic E-state index is -0.179. The maximum atomic E-state index is 12.1. The van der Waals surface area contributed by atoms with Crippen molar-refractivity contribution in [2.24, 2.45) is 0 Å². The molecule has 7 heteroatoms. The van der Waals surface area contributed by atoms with Crippen LogP contribution in [0.5, 0.6) is 11.5 Å². The first-order valence-corrected chi connectivity index (χ1v) is 8.14. The Kier molecular flexibility index (Phi) is 6.01. The summed E-state index contributed by atoms with van der Waals surface area (Å²) in [6.07, 6.45) is 0.789. The molecule has 0 aliphatic heterocycles. The van der Waals surface area contributed by atoms with Crippen LogP contribution in [0.25, 0.3) is 0 Å². The van der Waals surface area contributed by atoms with Gasteiger partial charge in [-0.25, -0.2) is 0 Å². The van der Waals surface area contributed by atoms with E-state index in [0.29, 0.717) is 36.2 Å². The summed E-state index contributed by atoms with van der Waals surface area (Å²) in [7, 11) is 3.14. The van der Waals surface area contributed by atoms with E-state index in [9.17, 15) is 4.79 Å². The number of hydrogen-bond acceptors (Lipinski definition) is 6. The number of nitrogens with zero attached hydrogens (tertiary/aromatic N) is 2. The molecule has 0 aliphatic carbocycles. The minimum absolute atomic E-state index is 0.0771. The van der Waals surface area contributed by atoms with Gasteiger partial charge < -0.3 is 19.3 Å². The number of hydrogen-bond donors (Lipinski definition) is 1. The monoisotopic (exact) mass is 347 g/mol. The maximum Gasteiger partial charge on any atom is 0.232 e. The number of benzene rings is 1. The van der Waals surface area contributed by atoms with Gasteiger partial charge in [0.15, 0.2) is 17.3 Å². The summed E-state index contributed by atoms with van der Waals surface area (Å²) in [4.78, 5) is 16.4. The lowest BCUT2D eigenvalue weighted by atomic mass is 9.97. The Morgan fingerprint density at radius 1 is 1.20 bits per heavy atom. The van der Waals surface area contributed by atoms with Gasteiger partial charge in [-0.2, -0.15) is 4.98 Å². The van der Waals surface area contributed by atoms with E-state index < -0.39 is 0 Å². The second kappa shape index (κ2) is 8.00. The van der Waals surface area contributed by atoms with Crippen LogP contribution in [0.3, 0.4) is 0 Å². The smallest absolute Gasteiger partial charge is 0.232 e. The molecule has 0 aliphatic rings. The second-order valence-electron chi connectivity index (χ2n) is 6.73. The van der Waals surface area contributed by atoms with E-state index in [1.54, 1.807) is 26.4 Å². The third-order valence-electron chi connectivity index (χ3n) is 3.59. The molecule has 2 rings (SSSR count). The topological polar surface area (TPSA) is 86.5 Å². The van der Waals surface area contributed by atoms with Crippen molar-refractivity contribution in [3.63, 3.8) is 0 Å². The molecule has 0 saturated heterocycles. The SMILES string of the molecule is COc1ccc(CC(=O)NCCc2noc(C(C)(C)C)n2)cc1OC. The summed E-state index contributed by atoms with van der Waals surface area (Å²) in [6, 6.07) is 5.43. The Bertz CT molecular complexity index is 719. The van der Waals surface area contributed by atoms with Crippen molar-refractivity contribution in [1.82, 2.24) is 15.5 Å². The molecular weight excluding hydrogens is 322 g/mol. The third-order valence-corrected chi connectivity index (χ3v) is 3.59. The normalized spacial score (nSPS) is 11.2. The van der Waals surface area contributed by atoms with Gasteiger partial charge in [0.25, 0.3) is 0 Å². The average Bonchev–Trinajstić information content (AvgIpc) is 3.04. The van der Waals surface area contributed by atoms with Gasteiger partial charge in [0.1, 0.15) is 0 Å². The molecular formula is C18H25N3O4. The van der Waals surface area contributed by atoms with E-state index >= 15 is 0 Å². The van der Waals surface area contributed by atoms with Gasteiger partial charge in [0, 0.05) is 18.4 Å². The lowest BCUT2D eigenvalue weighted by molar-refractivity contribution is -0.120. The fourth-order valence-electron chi connectivity index (χ4n) is 2.21. The van der Waals surface area contributed by atoms with Crippen molar-refractivity contribution in [2.75, 3.05) is 20.8 Å². The fraction of sp³-hybridized carbons (Fsp3) is 0.500. The van der Waals surface area contributed by atoms with Gasteiger partial charge in [-0.3, -0.25) is 4.79 Å². The summed E-state index contributed by atoms with van der Waals surface area (Å²) in [6.45, 7) is 6.48. The van der Waals surface area contributed by atoms with E-state index in [-0.39, 0.29) is 17.7 Å². The first-order valence-electron chi connectivity index (χ1n) is 8.14. The van der Waals surface area contributed by atoms with E-state index in [1.807, 2.05) is 26.8 Å². The molecule has 1 aromatic carbocycles. The summed E-state index contributed by atoms with van der Waals surface area (Å²) in [5.41, 5.74) is 0.673. The number of carbonyl (C=O) groups excluding carboxylic acids is 1. The van der Waals surface area contributed by atoms with Gasteiger partial charge in [-0.1, -0.05) is 32.0 Å². The Morgan fingerprint density at radius 2 is 1.92 bits per heavy atom. The van der Waals surface area contributed by atoms with Crippen molar-refractivity contribution in [3.05, 3.63) is 35.5 Å². The molecule has 0 fully saturated rings. The molecule has 25 heavy (non-hydrogen) atoms. The van der Waals surface area contributed by atoms with Crippen LogP contribution in [0, 0.1) is 0 Å². The molecule has 1 aromatic heterocycles. The van der Waals surface area contributed by atoms with Crippen LogP contribution in [0.4, 0.5) is 0 Å². The van der Waals surface area contributed by atoms with Crippen LogP contribution in [0.1, 0.15) is 38.0 Å². The molecule has 136 valence electrons. The highest BCUT2D eigenvalue weighted by Gasteiger charge is 2.21. The summed E-state index contributed by atoms with van der Waals surface area (Å²) < 4.78 is 15.7. The number of aromatic nitrogens is 2. The van der Waals surface area contributed by atoms with Gasteiger partial charge in [0.2, 0.25) is 11.8 Å². The van der Waals surface area contributed by atoms with E-state index in [4.69, 9.17) is 14.0 Å². The van der Waals surface area contributed by atoms with Crippen LogP contribution in [-0.2, 0) is 23.1 Å². The van der Waals surface area contributed by atoms with Crippen LogP contribution >= 0.6 is 0 Å². The first kappa shape index (κ1) is 18.8. The highest BCUT2D eigenvalue weighted by molar-refractivity contribution is 5.78. The Hall–Kier alpha value is -2.57. The Labute approximate surface area is 147 Å². The van der Waals surface area contributed by atoms with Crippen molar-refractivity contribution in [1.29, 1.82) is 0 Å². The highest BCUT2D eigenvalue weighted by Crippen LogP contribution is 2.27. The van der Waals surface area contributed by atoms with Gasteiger partial charge in [0.05, 0.1) is 20.6 Å². The van der Waals surface area contributed by atoms with Crippen molar-refractivity contribution < 1.29 is 18.8 Å². The second-order valence-corrected chi connectivity index (χ2v) is 6.73. The van der Waals surface area contributed by atoms with Crippen molar-refractivity contribution >= 4 is 5.91 Å². The molecule has 0 saturated carbocycles. The van der Waals surface area contributed by atoms with E-state index in [1.165, 1.54) is 0 Å². The lowest BCUT2D eigenvalue weighted by Gasteiger charge is -2.10. The van der Waals surface area contributed by atoms with Crippen LogP contribution in [0.15, 0.2) is 22.7 Å².